The average Bonchev–Trinajstić information content (AvgIpc) is 2.78. The zero-order valence-electron chi connectivity index (χ0n) is 10.7. The highest BCUT2D eigenvalue weighted by Gasteiger charge is 2.36. The van der Waals surface area contributed by atoms with Crippen LogP contribution in [-0.4, -0.2) is 12.6 Å². The molecule has 2 fully saturated rings. The van der Waals surface area contributed by atoms with Crippen molar-refractivity contribution in [2.75, 3.05) is 6.61 Å². The Labute approximate surface area is 104 Å². The Hall–Kier alpha value is -0.790. The van der Waals surface area contributed by atoms with Gasteiger partial charge in [-0.2, -0.15) is 0 Å². The number of hydrogen-bond acceptors (Lipinski definition) is 2. The third kappa shape index (κ3) is 3.34. The summed E-state index contributed by atoms with van der Waals surface area (Å²) in [6.45, 7) is 3.96. The third-order valence-electron chi connectivity index (χ3n) is 4.61. The van der Waals surface area contributed by atoms with Crippen LogP contribution in [0.2, 0.25) is 0 Å². The van der Waals surface area contributed by atoms with Gasteiger partial charge in [0, 0.05) is 6.08 Å². The number of rotatable bonds is 5. The molecule has 0 amide bonds. The molecule has 0 bridgehead atoms. The van der Waals surface area contributed by atoms with Gasteiger partial charge in [-0.1, -0.05) is 25.8 Å². The van der Waals surface area contributed by atoms with Crippen molar-refractivity contribution >= 4 is 5.97 Å². The Bertz CT molecular complexity index is 272. The topological polar surface area (TPSA) is 26.3 Å². The third-order valence-corrected chi connectivity index (χ3v) is 4.61. The summed E-state index contributed by atoms with van der Waals surface area (Å²) in [4.78, 5) is 10.9. The van der Waals surface area contributed by atoms with E-state index in [0.29, 0.717) is 6.61 Å². The smallest absolute Gasteiger partial charge is 0.330 e. The minimum Gasteiger partial charge on any atom is -0.463 e. The first-order valence-corrected chi connectivity index (χ1v) is 7.10. The summed E-state index contributed by atoms with van der Waals surface area (Å²) in [5.74, 6) is 2.62. The Morgan fingerprint density at radius 1 is 1.24 bits per heavy atom. The van der Waals surface area contributed by atoms with Crippen LogP contribution in [0.5, 0.6) is 0 Å². The molecule has 2 saturated carbocycles. The van der Waals surface area contributed by atoms with Gasteiger partial charge in [-0.15, -0.1) is 0 Å². The van der Waals surface area contributed by atoms with Crippen LogP contribution in [0.3, 0.4) is 0 Å². The Morgan fingerprint density at radius 3 is 2.88 bits per heavy atom. The van der Waals surface area contributed by atoms with Crippen LogP contribution >= 0.6 is 0 Å². The van der Waals surface area contributed by atoms with E-state index in [4.69, 9.17) is 4.74 Å². The van der Waals surface area contributed by atoms with E-state index in [1.807, 2.05) is 0 Å². The van der Waals surface area contributed by atoms with Crippen molar-refractivity contribution < 1.29 is 9.53 Å². The van der Waals surface area contributed by atoms with Crippen molar-refractivity contribution in [2.24, 2.45) is 17.8 Å². The van der Waals surface area contributed by atoms with E-state index in [1.165, 1.54) is 51.0 Å². The van der Waals surface area contributed by atoms with Gasteiger partial charge in [-0.05, 0) is 49.9 Å². The highest BCUT2D eigenvalue weighted by Crippen LogP contribution is 2.47. The quantitative estimate of drug-likeness (QED) is 0.413. The van der Waals surface area contributed by atoms with Crippen LogP contribution in [0.1, 0.15) is 51.4 Å². The summed E-state index contributed by atoms with van der Waals surface area (Å²) in [7, 11) is 0. The molecule has 17 heavy (non-hydrogen) atoms. The maximum Gasteiger partial charge on any atom is 0.330 e. The minimum atomic E-state index is -0.285. The lowest BCUT2D eigenvalue weighted by Gasteiger charge is -2.29. The molecule has 2 aliphatic rings. The van der Waals surface area contributed by atoms with Gasteiger partial charge in [0.05, 0.1) is 6.61 Å². The fraction of sp³-hybridized carbons (Fsp3) is 0.800. The maximum absolute atomic E-state index is 10.9. The predicted molar refractivity (Wildman–Crippen MR) is 68.6 cm³/mol. The standard InChI is InChI=1S/C15H24O2/c1-2-15(16)17-11-5-7-13-10-9-12-6-3-4-8-14(12)13/h2,12-14H,1,3-11H2. The molecule has 2 nitrogen and oxygen atoms in total. The molecule has 0 aliphatic heterocycles. The Kier molecular flexibility index (Phi) is 4.64. The van der Waals surface area contributed by atoms with Gasteiger partial charge in [0.25, 0.3) is 0 Å². The van der Waals surface area contributed by atoms with Crippen molar-refractivity contribution in [3.63, 3.8) is 0 Å². The van der Waals surface area contributed by atoms with Crippen LogP contribution in [-0.2, 0) is 9.53 Å². The number of carbonyl (C=O) groups excluding carboxylic acids is 1. The first-order chi connectivity index (χ1) is 8.31. The second-order valence-corrected chi connectivity index (χ2v) is 5.56. The van der Waals surface area contributed by atoms with Gasteiger partial charge >= 0.3 is 5.97 Å². The molecule has 2 heteroatoms. The number of ether oxygens (including phenoxy) is 1. The molecule has 2 rings (SSSR count). The SMILES string of the molecule is C=CC(=O)OCCCC1CCC2CCCCC21. The monoisotopic (exact) mass is 236 g/mol. The zero-order valence-corrected chi connectivity index (χ0v) is 10.7. The minimum absolute atomic E-state index is 0.285. The fourth-order valence-electron chi connectivity index (χ4n) is 3.79. The molecule has 3 unspecified atom stereocenters. The van der Waals surface area contributed by atoms with E-state index in [1.54, 1.807) is 0 Å². The van der Waals surface area contributed by atoms with Crippen molar-refractivity contribution in [2.45, 2.75) is 51.4 Å². The summed E-state index contributed by atoms with van der Waals surface area (Å²) in [5.41, 5.74) is 0. The van der Waals surface area contributed by atoms with Crippen molar-refractivity contribution in [3.05, 3.63) is 12.7 Å². The summed E-state index contributed by atoms with van der Waals surface area (Å²) in [5, 5.41) is 0. The second-order valence-electron chi connectivity index (χ2n) is 5.56. The van der Waals surface area contributed by atoms with E-state index < -0.39 is 0 Å². The highest BCUT2D eigenvalue weighted by molar-refractivity contribution is 5.81. The number of esters is 1. The first kappa shape index (κ1) is 12.7. The van der Waals surface area contributed by atoms with Crippen molar-refractivity contribution in [3.8, 4) is 0 Å². The molecule has 0 spiro atoms. The molecule has 0 heterocycles. The van der Waals surface area contributed by atoms with E-state index in [0.717, 1.165) is 24.2 Å². The van der Waals surface area contributed by atoms with E-state index in [-0.39, 0.29) is 5.97 Å². The molecule has 0 aromatic carbocycles. The molecule has 96 valence electrons. The molecule has 0 saturated heterocycles. The molecule has 0 N–H and O–H groups in total. The molecule has 0 radical (unpaired) electrons. The van der Waals surface area contributed by atoms with E-state index in [9.17, 15) is 4.79 Å². The van der Waals surface area contributed by atoms with Crippen LogP contribution in [0.4, 0.5) is 0 Å². The summed E-state index contributed by atoms with van der Waals surface area (Å²) < 4.78 is 5.03. The van der Waals surface area contributed by atoms with Gasteiger partial charge in [0.15, 0.2) is 0 Å². The molecule has 3 atom stereocenters. The zero-order chi connectivity index (χ0) is 12.1. The van der Waals surface area contributed by atoms with Crippen LogP contribution in [0.15, 0.2) is 12.7 Å². The lowest BCUT2D eigenvalue weighted by molar-refractivity contribution is -0.137. The molecule has 2 aliphatic carbocycles. The van der Waals surface area contributed by atoms with Crippen molar-refractivity contribution in [1.82, 2.24) is 0 Å². The van der Waals surface area contributed by atoms with Crippen molar-refractivity contribution in [1.29, 1.82) is 0 Å². The van der Waals surface area contributed by atoms with Gasteiger partial charge in [-0.25, -0.2) is 4.79 Å². The molecule has 0 aromatic heterocycles. The van der Waals surface area contributed by atoms with Gasteiger partial charge in [-0.3, -0.25) is 0 Å². The van der Waals surface area contributed by atoms with Gasteiger partial charge < -0.3 is 4.74 Å². The Morgan fingerprint density at radius 2 is 2.06 bits per heavy atom. The largest absolute Gasteiger partial charge is 0.463 e. The summed E-state index contributed by atoms with van der Waals surface area (Å²) >= 11 is 0. The van der Waals surface area contributed by atoms with Crippen LogP contribution in [0.25, 0.3) is 0 Å². The number of fused-ring (bicyclic) bond motifs is 1. The van der Waals surface area contributed by atoms with E-state index >= 15 is 0 Å². The number of hydrogen-bond donors (Lipinski definition) is 0. The number of carbonyl (C=O) groups is 1. The summed E-state index contributed by atoms with van der Waals surface area (Å²) in [6, 6.07) is 0. The average molecular weight is 236 g/mol. The van der Waals surface area contributed by atoms with Crippen LogP contribution in [0, 0.1) is 17.8 Å². The lowest BCUT2D eigenvalue weighted by Crippen LogP contribution is -2.19. The predicted octanol–water partition coefficient (Wildman–Crippen LogP) is 3.71. The Balaban J connectivity index is 1.66. The fourth-order valence-corrected chi connectivity index (χ4v) is 3.79. The van der Waals surface area contributed by atoms with Gasteiger partial charge in [0.2, 0.25) is 0 Å². The highest BCUT2D eigenvalue weighted by atomic mass is 16.5. The summed E-state index contributed by atoms with van der Waals surface area (Å²) in [6.07, 6.45) is 12.2. The first-order valence-electron chi connectivity index (χ1n) is 7.10. The molecular weight excluding hydrogens is 212 g/mol. The second kappa shape index (κ2) is 6.23. The maximum atomic E-state index is 10.9. The molecular formula is C15H24O2. The molecule has 0 aromatic rings. The van der Waals surface area contributed by atoms with E-state index in [2.05, 4.69) is 6.58 Å². The lowest BCUT2D eigenvalue weighted by atomic mass is 9.77. The van der Waals surface area contributed by atoms with Crippen LogP contribution < -0.4 is 0 Å². The normalized spacial score (nSPS) is 31.9. The van der Waals surface area contributed by atoms with Gasteiger partial charge in [0.1, 0.15) is 0 Å².